The molecule has 0 aliphatic carbocycles. The number of rotatable bonds is 7. The average molecular weight is 353 g/mol. The van der Waals surface area contributed by atoms with Crippen molar-refractivity contribution < 1.29 is 13.2 Å². The maximum atomic E-state index is 11.9. The molecule has 0 unspecified atom stereocenters. The van der Waals surface area contributed by atoms with Crippen molar-refractivity contribution in [1.82, 2.24) is 4.31 Å². The molecule has 0 atom stereocenters. The molecular weight excluding hydrogens is 335 g/mol. The van der Waals surface area contributed by atoms with Gasteiger partial charge in [-0.25, -0.2) is 12.7 Å². The summed E-state index contributed by atoms with van der Waals surface area (Å²) in [5.74, 6) is -0.316. The molecule has 0 bridgehead atoms. The zero-order valence-electron chi connectivity index (χ0n) is 11.9. The van der Waals surface area contributed by atoms with Gasteiger partial charge in [0.25, 0.3) is 0 Å². The molecule has 0 aromatic heterocycles. The minimum atomic E-state index is -3.30. The zero-order valence-corrected chi connectivity index (χ0v) is 14.2. The van der Waals surface area contributed by atoms with E-state index >= 15 is 0 Å². The van der Waals surface area contributed by atoms with Crippen molar-refractivity contribution in [2.45, 2.75) is 19.8 Å². The monoisotopic (exact) mass is 352 g/mol. The zero-order chi connectivity index (χ0) is 16.0. The molecular formula is C13H18Cl2N2O3S. The van der Waals surface area contributed by atoms with Gasteiger partial charge >= 0.3 is 0 Å². The van der Waals surface area contributed by atoms with Crippen molar-refractivity contribution >= 4 is 44.8 Å². The molecule has 0 spiro atoms. The molecule has 118 valence electrons. The van der Waals surface area contributed by atoms with E-state index in [1.807, 2.05) is 6.92 Å². The third-order valence-corrected chi connectivity index (χ3v) is 4.60. The fourth-order valence-electron chi connectivity index (χ4n) is 1.73. The number of halogens is 2. The largest absolute Gasteiger partial charge is 0.325 e. The number of nitrogens with zero attached hydrogens (tertiary/aromatic N) is 1. The highest BCUT2D eigenvalue weighted by Gasteiger charge is 2.17. The first kappa shape index (κ1) is 18.2. The summed E-state index contributed by atoms with van der Waals surface area (Å²) in [6.07, 6.45) is 1.87. The molecule has 0 saturated heterocycles. The second kappa shape index (κ2) is 7.98. The molecule has 0 saturated carbocycles. The minimum Gasteiger partial charge on any atom is -0.325 e. The van der Waals surface area contributed by atoms with Crippen LogP contribution in [0.4, 0.5) is 5.69 Å². The van der Waals surface area contributed by atoms with Crippen molar-refractivity contribution in [2.24, 2.45) is 0 Å². The number of nitrogens with one attached hydrogen (secondary N) is 1. The Balaban J connectivity index is 2.63. The lowest BCUT2D eigenvalue weighted by Crippen LogP contribution is -2.33. The highest BCUT2D eigenvalue weighted by atomic mass is 35.5. The summed E-state index contributed by atoms with van der Waals surface area (Å²) in [4.78, 5) is 11.9. The number of hydrogen-bond donors (Lipinski definition) is 1. The summed E-state index contributed by atoms with van der Waals surface area (Å²) in [5, 5.41) is 3.46. The van der Waals surface area contributed by atoms with Gasteiger partial charge in [-0.1, -0.05) is 30.1 Å². The lowest BCUT2D eigenvalue weighted by molar-refractivity contribution is -0.116. The van der Waals surface area contributed by atoms with Gasteiger partial charge in [0.2, 0.25) is 15.9 Å². The molecule has 0 aliphatic rings. The van der Waals surface area contributed by atoms with Gasteiger partial charge in [0.05, 0.1) is 17.0 Å². The van der Waals surface area contributed by atoms with E-state index in [9.17, 15) is 13.2 Å². The maximum Gasteiger partial charge on any atom is 0.225 e. The first-order valence-corrected chi connectivity index (χ1v) is 9.04. The highest BCUT2D eigenvalue weighted by molar-refractivity contribution is 7.88. The summed E-state index contributed by atoms with van der Waals surface area (Å²) < 4.78 is 24.4. The number of amides is 1. The molecule has 0 fully saturated rings. The van der Waals surface area contributed by atoms with Gasteiger partial charge in [0.1, 0.15) is 0 Å². The summed E-state index contributed by atoms with van der Waals surface area (Å²) in [6, 6.07) is 4.74. The van der Waals surface area contributed by atoms with Gasteiger partial charge in [-0.05, 0) is 24.6 Å². The smallest absolute Gasteiger partial charge is 0.225 e. The maximum absolute atomic E-state index is 11.9. The Labute approximate surface area is 135 Å². The number of carbonyl (C=O) groups excluding carboxylic acids is 1. The van der Waals surface area contributed by atoms with Gasteiger partial charge in [-0.3, -0.25) is 4.79 Å². The van der Waals surface area contributed by atoms with Crippen LogP contribution in [-0.2, 0) is 14.8 Å². The van der Waals surface area contributed by atoms with Crippen molar-refractivity contribution in [3.05, 3.63) is 28.2 Å². The first-order valence-electron chi connectivity index (χ1n) is 6.44. The van der Waals surface area contributed by atoms with Crippen LogP contribution in [-0.4, -0.2) is 38.0 Å². The van der Waals surface area contributed by atoms with Gasteiger partial charge in [0.15, 0.2) is 0 Å². The van der Waals surface area contributed by atoms with Crippen molar-refractivity contribution in [1.29, 1.82) is 0 Å². The fraction of sp³-hybridized carbons (Fsp3) is 0.462. The Bertz CT molecular complexity index is 605. The third-order valence-electron chi connectivity index (χ3n) is 2.73. The van der Waals surface area contributed by atoms with E-state index in [1.165, 1.54) is 4.31 Å². The Morgan fingerprint density at radius 3 is 2.52 bits per heavy atom. The standard InChI is InChI=1S/C13H18Cl2N2O3S/c1-3-7-17(21(2,19)20)8-6-13(18)16-12-9-10(14)4-5-11(12)15/h4-5,9H,3,6-8H2,1-2H3,(H,16,18). The molecule has 1 rings (SSSR count). The minimum absolute atomic E-state index is 0.0515. The molecule has 21 heavy (non-hydrogen) atoms. The summed E-state index contributed by atoms with van der Waals surface area (Å²) >= 11 is 11.8. The lowest BCUT2D eigenvalue weighted by atomic mass is 10.3. The quantitative estimate of drug-likeness (QED) is 0.820. The molecule has 1 amide bonds. The van der Waals surface area contributed by atoms with Crippen LogP contribution in [0.5, 0.6) is 0 Å². The molecule has 5 nitrogen and oxygen atoms in total. The van der Waals surface area contributed by atoms with Gasteiger partial charge in [0, 0.05) is 24.5 Å². The fourth-order valence-corrected chi connectivity index (χ4v) is 3.00. The molecule has 0 heterocycles. The Hall–Kier alpha value is -0.820. The molecule has 8 heteroatoms. The van der Waals surface area contributed by atoms with Crippen LogP contribution in [0.1, 0.15) is 19.8 Å². The summed E-state index contributed by atoms with van der Waals surface area (Å²) in [7, 11) is -3.30. The molecule has 1 N–H and O–H groups in total. The summed E-state index contributed by atoms with van der Waals surface area (Å²) in [6.45, 7) is 2.41. The van der Waals surface area contributed by atoms with Crippen LogP contribution >= 0.6 is 23.2 Å². The molecule has 0 aliphatic heterocycles. The molecule has 1 aromatic rings. The topological polar surface area (TPSA) is 66.5 Å². The Morgan fingerprint density at radius 1 is 1.29 bits per heavy atom. The Kier molecular flexibility index (Phi) is 6.93. The van der Waals surface area contributed by atoms with E-state index in [2.05, 4.69) is 5.32 Å². The van der Waals surface area contributed by atoms with Gasteiger partial charge < -0.3 is 5.32 Å². The predicted molar refractivity (Wildman–Crippen MR) is 86.4 cm³/mol. The Morgan fingerprint density at radius 2 is 1.95 bits per heavy atom. The van der Waals surface area contributed by atoms with Gasteiger partial charge in [-0.2, -0.15) is 0 Å². The predicted octanol–water partition coefficient (Wildman–Crippen LogP) is 2.99. The van der Waals surface area contributed by atoms with Crippen molar-refractivity contribution in [2.75, 3.05) is 24.7 Å². The number of hydrogen-bond acceptors (Lipinski definition) is 3. The number of benzene rings is 1. The molecule has 1 aromatic carbocycles. The van der Waals surface area contributed by atoms with E-state index in [0.29, 0.717) is 28.7 Å². The third kappa shape index (κ3) is 6.22. The van der Waals surface area contributed by atoms with Crippen LogP contribution in [0.3, 0.4) is 0 Å². The van der Waals surface area contributed by atoms with Crippen LogP contribution in [0.15, 0.2) is 18.2 Å². The number of anilines is 1. The van der Waals surface area contributed by atoms with Crippen LogP contribution in [0, 0.1) is 0 Å². The first-order chi connectivity index (χ1) is 9.74. The van der Waals surface area contributed by atoms with E-state index in [1.54, 1.807) is 18.2 Å². The van der Waals surface area contributed by atoms with Gasteiger partial charge in [-0.15, -0.1) is 0 Å². The lowest BCUT2D eigenvalue weighted by Gasteiger charge is -2.18. The second-order valence-electron chi connectivity index (χ2n) is 4.58. The van der Waals surface area contributed by atoms with E-state index in [0.717, 1.165) is 6.26 Å². The number of carbonyl (C=O) groups is 1. The van der Waals surface area contributed by atoms with E-state index < -0.39 is 10.0 Å². The van der Waals surface area contributed by atoms with Crippen LogP contribution in [0.2, 0.25) is 10.0 Å². The van der Waals surface area contributed by atoms with Crippen LogP contribution < -0.4 is 5.32 Å². The highest BCUT2D eigenvalue weighted by Crippen LogP contribution is 2.25. The van der Waals surface area contributed by atoms with E-state index in [-0.39, 0.29) is 18.9 Å². The second-order valence-corrected chi connectivity index (χ2v) is 7.41. The normalized spacial score (nSPS) is 11.7. The number of sulfonamides is 1. The van der Waals surface area contributed by atoms with Crippen molar-refractivity contribution in [3.63, 3.8) is 0 Å². The summed E-state index contributed by atoms with van der Waals surface area (Å²) in [5.41, 5.74) is 0.413. The SMILES string of the molecule is CCCN(CCC(=O)Nc1cc(Cl)ccc1Cl)S(C)(=O)=O. The van der Waals surface area contributed by atoms with Crippen LogP contribution in [0.25, 0.3) is 0 Å². The average Bonchev–Trinajstić information content (AvgIpc) is 2.37. The molecule has 0 radical (unpaired) electrons. The van der Waals surface area contributed by atoms with Crippen molar-refractivity contribution in [3.8, 4) is 0 Å². The van der Waals surface area contributed by atoms with E-state index in [4.69, 9.17) is 23.2 Å².